The van der Waals surface area contributed by atoms with E-state index in [1.54, 1.807) is 18.2 Å². The van der Waals surface area contributed by atoms with Crippen LogP contribution in [0.25, 0.3) is 0 Å². The van der Waals surface area contributed by atoms with Gasteiger partial charge in [-0.25, -0.2) is 0 Å². The normalized spacial score (nSPS) is 27.3. The lowest BCUT2D eigenvalue weighted by atomic mass is 10.4. The van der Waals surface area contributed by atoms with E-state index >= 15 is 0 Å². The summed E-state index contributed by atoms with van der Waals surface area (Å²) in [5.74, 6) is 0. The zero-order valence-corrected chi connectivity index (χ0v) is 3.74. The molecule has 2 nitrogen and oxygen atoms in total. The molecule has 1 aliphatic rings. The second-order valence-corrected chi connectivity index (χ2v) is 1.24. The Kier molecular flexibility index (Phi) is 1.13. The van der Waals surface area contributed by atoms with Gasteiger partial charge in [-0.3, -0.25) is 0 Å². The molecule has 0 spiro atoms. The fraction of sp³-hybridized carbons (Fsp3) is 0.200. The molecule has 1 rings (SSSR count). The van der Waals surface area contributed by atoms with Crippen LogP contribution in [0.4, 0.5) is 0 Å². The van der Waals surface area contributed by atoms with Crippen LogP contribution in [-0.2, 0) is 4.74 Å². The number of hydrogen-bond acceptors (Lipinski definition) is 2. The van der Waals surface area contributed by atoms with Crippen molar-refractivity contribution in [2.75, 3.05) is 0 Å². The van der Waals surface area contributed by atoms with Gasteiger partial charge in [0.2, 0.25) is 6.29 Å². The summed E-state index contributed by atoms with van der Waals surface area (Å²) >= 11 is 0. The molecule has 0 saturated carbocycles. The fourth-order valence-electron chi connectivity index (χ4n) is 0.376. The first-order valence-electron chi connectivity index (χ1n) is 2.06. The molecular weight excluding hydrogens is 92.1 g/mol. The molecule has 0 aromatic carbocycles. The minimum absolute atomic E-state index is 0.731. The van der Waals surface area contributed by atoms with Gasteiger partial charge in [-0.2, -0.15) is 0 Å². The maximum absolute atomic E-state index is 8.55. The van der Waals surface area contributed by atoms with Gasteiger partial charge in [-0.1, -0.05) is 6.08 Å². The maximum atomic E-state index is 8.55. The number of allylic oxidation sites excluding steroid dienone is 2. The standard InChI is InChI=1S/C5H6O2/c6-5-3-1-2-4-7-5/h1-6H. The third-order valence-electron chi connectivity index (χ3n) is 0.683. The smallest absolute Gasteiger partial charge is 0.216 e. The van der Waals surface area contributed by atoms with Crippen molar-refractivity contribution in [1.82, 2.24) is 0 Å². The highest BCUT2D eigenvalue weighted by Crippen LogP contribution is 1.96. The van der Waals surface area contributed by atoms with Gasteiger partial charge in [0.05, 0.1) is 6.26 Å². The molecule has 1 aliphatic heterocycles. The average Bonchev–Trinajstić information content (AvgIpc) is 1.69. The van der Waals surface area contributed by atoms with Crippen molar-refractivity contribution in [3.8, 4) is 0 Å². The summed E-state index contributed by atoms with van der Waals surface area (Å²) in [4.78, 5) is 0. The number of aliphatic hydroxyl groups is 1. The van der Waals surface area contributed by atoms with Crippen molar-refractivity contribution >= 4 is 0 Å². The summed E-state index contributed by atoms with van der Waals surface area (Å²) in [5.41, 5.74) is 0. The van der Waals surface area contributed by atoms with Gasteiger partial charge in [0.15, 0.2) is 0 Å². The van der Waals surface area contributed by atoms with Crippen molar-refractivity contribution in [3.05, 3.63) is 24.5 Å². The molecule has 1 atom stereocenters. The zero-order valence-electron chi connectivity index (χ0n) is 3.74. The predicted octanol–water partition coefficient (Wildman–Crippen LogP) is 0.405. The summed E-state index contributed by atoms with van der Waals surface area (Å²) in [5, 5.41) is 8.55. The quantitative estimate of drug-likeness (QED) is 0.475. The maximum Gasteiger partial charge on any atom is 0.216 e. The van der Waals surface area contributed by atoms with Crippen molar-refractivity contribution in [1.29, 1.82) is 0 Å². The van der Waals surface area contributed by atoms with Crippen LogP contribution < -0.4 is 0 Å². The van der Waals surface area contributed by atoms with Gasteiger partial charge in [-0.15, -0.1) is 0 Å². The van der Waals surface area contributed by atoms with E-state index in [0.29, 0.717) is 0 Å². The van der Waals surface area contributed by atoms with E-state index in [2.05, 4.69) is 4.74 Å². The number of hydrogen-bond donors (Lipinski definition) is 1. The minimum atomic E-state index is -0.731. The Labute approximate surface area is 41.7 Å². The molecule has 2 heteroatoms. The van der Waals surface area contributed by atoms with Crippen LogP contribution in [0.1, 0.15) is 0 Å². The summed E-state index contributed by atoms with van der Waals surface area (Å²) in [7, 11) is 0. The van der Waals surface area contributed by atoms with Crippen LogP contribution in [0.3, 0.4) is 0 Å². The summed E-state index contributed by atoms with van der Waals surface area (Å²) in [6.45, 7) is 0. The highest BCUT2D eigenvalue weighted by Gasteiger charge is 1.94. The van der Waals surface area contributed by atoms with E-state index in [9.17, 15) is 0 Å². The zero-order chi connectivity index (χ0) is 5.11. The van der Waals surface area contributed by atoms with Crippen LogP contribution in [0.5, 0.6) is 0 Å². The topological polar surface area (TPSA) is 29.5 Å². The Hall–Kier alpha value is -0.760. The Balaban J connectivity index is 2.49. The predicted molar refractivity (Wildman–Crippen MR) is 25.4 cm³/mol. The van der Waals surface area contributed by atoms with Crippen LogP contribution >= 0.6 is 0 Å². The molecule has 0 aromatic rings. The lowest BCUT2D eigenvalue weighted by Gasteiger charge is -2.05. The molecule has 0 saturated heterocycles. The van der Waals surface area contributed by atoms with E-state index in [4.69, 9.17) is 5.11 Å². The SMILES string of the molecule is OC1C=CC=CO1. The highest BCUT2D eigenvalue weighted by molar-refractivity contribution is 5.04. The summed E-state index contributed by atoms with van der Waals surface area (Å²) in [6, 6.07) is 0. The number of aliphatic hydroxyl groups excluding tert-OH is 1. The molecule has 0 radical (unpaired) electrons. The molecule has 1 N–H and O–H groups in total. The second kappa shape index (κ2) is 1.80. The van der Waals surface area contributed by atoms with Crippen molar-refractivity contribution in [2.24, 2.45) is 0 Å². The number of ether oxygens (including phenoxy) is 1. The van der Waals surface area contributed by atoms with Crippen LogP contribution in [0.2, 0.25) is 0 Å². The van der Waals surface area contributed by atoms with Gasteiger partial charge in [-0.05, 0) is 12.2 Å². The molecule has 7 heavy (non-hydrogen) atoms. The van der Waals surface area contributed by atoms with Gasteiger partial charge in [0.1, 0.15) is 0 Å². The first-order chi connectivity index (χ1) is 3.39. The molecule has 0 fully saturated rings. The van der Waals surface area contributed by atoms with Gasteiger partial charge < -0.3 is 9.84 Å². The van der Waals surface area contributed by atoms with Gasteiger partial charge in [0, 0.05) is 0 Å². The largest absolute Gasteiger partial charge is 0.469 e. The molecule has 0 amide bonds. The van der Waals surface area contributed by atoms with Gasteiger partial charge in [0.25, 0.3) is 0 Å². The van der Waals surface area contributed by atoms with Crippen molar-refractivity contribution in [3.63, 3.8) is 0 Å². The number of rotatable bonds is 0. The third kappa shape index (κ3) is 1.05. The molecule has 0 bridgehead atoms. The summed E-state index contributed by atoms with van der Waals surface area (Å²) < 4.78 is 4.57. The van der Waals surface area contributed by atoms with E-state index in [1.165, 1.54) is 6.26 Å². The third-order valence-corrected chi connectivity index (χ3v) is 0.683. The van der Waals surface area contributed by atoms with E-state index < -0.39 is 6.29 Å². The van der Waals surface area contributed by atoms with E-state index in [-0.39, 0.29) is 0 Å². The fourth-order valence-corrected chi connectivity index (χ4v) is 0.376. The molecule has 1 heterocycles. The minimum Gasteiger partial charge on any atom is -0.469 e. The Bertz CT molecular complexity index is 105. The first kappa shape index (κ1) is 4.40. The van der Waals surface area contributed by atoms with Crippen molar-refractivity contribution in [2.45, 2.75) is 6.29 Å². The van der Waals surface area contributed by atoms with E-state index in [1.807, 2.05) is 0 Å². The summed E-state index contributed by atoms with van der Waals surface area (Å²) in [6.07, 6.45) is 5.72. The second-order valence-electron chi connectivity index (χ2n) is 1.24. The molecule has 1 unspecified atom stereocenters. The monoisotopic (exact) mass is 98.0 g/mol. The molecule has 0 aliphatic carbocycles. The van der Waals surface area contributed by atoms with Gasteiger partial charge >= 0.3 is 0 Å². The van der Waals surface area contributed by atoms with Crippen LogP contribution in [0, 0.1) is 0 Å². The first-order valence-corrected chi connectivity index (χ1v) is 2.06. The Morgan fingerprint density at radius 2 is 2.29 bits per heavy atom. The molecule has 0 aromatic heterocycles. The Morgan fingerprint density at radius 3 is 2.57 bits per heavy atom. The van der Waals surface area contributed by atoms with Crippen molar-refractivity contribution < 1.29 is 9.84 Å². The highest BCUT2D eigenvalue weighted by atomic mass is 16.6. The Morgan fingerprint density at radius 1 is 1.43 bits per heavy atom. The average molecular weight is 98.1 g/mol. The van der Waals surface area contributed by atoms with Crippen LogP contribution in [0.15, 0.2) is 24.5 Å². The molecular formula is C5H6O2. The van der Waals surface area contributed by atoms with E-state index in [0.717, 1.165) is 0 Å². The lowest BCUT2D eigenvalue weighted by Crippen LogP contribution is -2.04. The lowest BCUT2D eigenvalue weighted by molar-refractivity contribution is -0.0132. The molecule has 38 valence electrons. The van der Waals surface area contributed by atoms with Crippen LogP contribution in [-0.4, -0.2) is 11.4 Å².